The van der Waals surface area contributed by atoms with E-state index in [-0.39, 0.29) is 0 Å². The summed E-state index contributed by atoms with van der Waals surface area (Å²) in [5, 5.41) is 5.32. The molecule has 2 aromatic heterocycles. The van der Waals surface area contributed by atoms with Crippen molar-refractivity contribution in [3.63, 3.8) is 0 Å². The number of hydrogen-bond acceptors (Lipinski definition) is 7. The van der Waals surface area contributed by atoms with Gasteiger partial charge in [-0.25, -0.2) is 4.98 Å². The van der Waals surface area contributed by atoms with Crippen molar-refractivity contribution in [1.29, 1.82) is 0 Å². The summed E-state index contributed by atoms with van der Waals surface area (Å²) in [5.74, 6) is 2.57. The molecule has 25 heavy (non-hydrogen) atoms. The molecule has 0 radical (unpaired) electrons. The van der Waals surface area contributed by atoms with Gasteiger partial charge in [-0.15, -0.1) is 11.3 Å². The monoisotopic (exact) mass is 402 g/mol. The van der Waals surface area contributed by atoms with Gasteiger partial charge in [-0.3, -0.25) is 0 Å². The summed E-state index contributed by atoms with van der Waals surface area (Å²) in [6.45, 7) is 0. The molecule has 0 aliphatic carbocycles. The minimum atomic E-state index is 0.823. The van der Waals surface area contributed by atoms with Gasteiger partial charge in [-0.2, -0.15) is 0 Å². The zero-order valence-corrected chi connectivity index (χ0v) is 16.4. The molecule has 0 unspecified atom stereocenters. The number of aromatic nitrogens is 2. The summed E-state index contributed by atoms with van der Waals surface area (Å²) < 4.78 is 6.68. The maximum Gasteiger partial charge on any atom is 0.167 e. The van der Waals surface area contributed by atoms with Crippen molar-refractivity contribution in [1.82, 2.24) is 10.1 Å². The highest BCUT2D eigenvalue weighted by Crippen LogP contribution is 2.40. The van der Waals surface area contributed by atoms with Crippen LogP contribution < -0.4 is 0 Å². The maximum absolute atomic E-state index is 5.42. The van der Waals surface area contributed by atoms with Crippen molar-refractivity contribution >= 4 is 53.0 Å². The smallest absolute Gasteiger partial charge is 0.167 e. The van der Waals surface area contributed by atoms with E-state index in [1.165, 1.54) is 9.71 Å². The van der Waals surface area contributed by atoms with Gasteiger partial charge in [-0.05, 0) is 22.0 Å². The normalized spacial score (nSPS) is 11.2. The van der Waals surface area contributed by atoms with E-state index in [1.807, 2.05) is 53.3 Å². The fourth-order valence-corrected chi connectivity index (χ4v) is 6.95. The summed E-state index contributed by atoms with van der Waals surface area (Å²) >= 11 is 1.77. The average Bonchev–Trinajstić information content (AvgIpc) is 3.28. The number of fused-ring (bicyclic) bond motifs is 1. The summed E-state index contributed by atoms with van der Waals surface area (Å²) in [4.78, 5) is 4.65. The van der Waals surface area contributed by atoms with E-state index in [1.54, 1.807) is 32.0 Å². The first-order chi connectivity index (χ1) is 12.4. The number of nitrogens with zero attached hydrogens (tertiary/aromatic N) is 2. The molecular weight excluding hydrogens is 388 g/mol. The topological polar surface area (TPSA) is 38.9 Å². The SMILES string of the molecule is c1ccc(-c2cc(CSSSCc3nc4ccccc4s3)no2)cc1. The number of hydrogen-bond donors (Lipinski definition) is 0. The molecule has 0 aliphatic heterocycles. The highest BCUT2D eigenvalue weighted by atomic mass is 33.5. The lowest BCUT2D eigenvalue weighted by Crippen LogP contribution is -1.76. The highest BCUT2D eigenvalue weighted by Gasteiger charge is 2.07. The molecule has 0 atom stereocenters. The molecule has 0 saturated heterocycles. The Morgan fingerprint density at radius 1 is 0.920 bits per heavy atom. The molecule has 7 heteroatoms. The Balaban J connectivity index is 1.24. The maximum atomic E-state index is 5.42. The lowest BCUT2D eigenvalue weighted by Gasteiger charge is -1.96. The molecule has 0 aliphatic rings. The van der Waals surface area contributed by atoms with Crippen LogP contribution in [0, 0.1) is 0 Å². The van der Waals surface area contributed by atoms with E-state index >= 15 is 0 Å². The fourth-order valence-electron chi connectivity index (χ4n) is 2.29. The van der Waals surface area contributed by atoms with Crippen LogP contribution in [0.3, 0.4) is 0 Å². The number of thiazole rings is 1. The molecule has 2 heterocycles. The second-order valence-electron chi connectivity index (χ2n) is 5.22. The molecule has 2 aromatic carbocycles. The molecule has 0 fully saturated rings. The fraction of sp³-hybridized carbons (Fsp3) is 0.111. The third kappa shape index (κ3) is 4.41. The largest absolute Gasteiger partial charge is 0.356 e. The lowest BCUT2D eigenvalue weighted by molar-refractivity contribution is 0.426. The zero-order chi connectivity index (χ0) is 16.9. The molecule has 0 N–H and O–H groups in total. The van der Waals surface area contributed by atoms with Crippen LogP contribution in [0.15, 0.2) is 65.2 Å². The predicted octanol–water partition coefficient (Wildman–Crippen LogP) is 6.68. The molecular formula is C18H14N2OS4. The van der Waals surface area contributed by atoms with E-state index in [0.29, 0.717) is 0 Å². The first-order valence-electron chi connectivity index (χ1n) is 7.65. The highest BCUT2D eigenvalue weighted by molar-refractivity contribution is 9.09. The number of rotatable bonds is 7. The van der Waals surface area contributed by atoms with Crippen LogP contribution >= 0.6 is 42.8 Å². The van der Waals surface area contributed by atoms with Crippen LogP contribution in [0.25, 0.3) is 21.5 Å². The van der Waals surface area contributed by atoms with Gasteiger partial charge in [0.1, 0.15) is 5.01 Å². The van der Waals surface area contributed by atoms with Gasteiger partial charge in [0.05, 0.1) is 27.4 Å². The van der Waals surface area contributed by atoms with Crippen LogP contribution in [0.4, 0.5) is 0 Å². The van der Waals surface area contributed by atoms with Crippen molar-refractivity contribution < 1.29 is 4.52 Å². The van der Waals surface area contributed by atoms with E-state index in [0.717, 1.165) is 34.0 Å². The van der Waals surface area contributed by atoms with Crippen molar-refractivity contribution in [2.24, 2.45) is 0 Å². The second kappa shape index (κ2) is 8.31. The van der Waals surface area contributed by atoms with Gasteiger partial charge >= 0.3 is 0 Å². The Morgan fingerprint density at radius 2 is 1.72 bits per heavy atom. The summed E-state index contributed by atoms with van der Waals surface area (Å²) in [6.07, 6.45) is 0. The van der Waals surface area contributed by atoms with Gasteiger partial charge in [-0.1, -0.05) is 69.2 Å². The van der Waals surface area contributed by atoms with E-state index in [2.05, 4.69) is 28.3 Å². The number of para-hydroxylation sites is 1. The van der Waals surface area contributed by atoms with Gasteiger partial charge in [0, 0.05) is 11.6 Å². The minimum absolute atomic E-state index is 0.823. The Morgan fingerprint density at radius 3 is 2.60 bits per heavy atom. The van der Waals surface area contributed by atoms with Crippen molar-refractivity contribution in [2.75, 3.05) is 0 Å². The van der Waals surface area contributed by atoms with Crippen LogP contribution in [0.1, 0.15) is 10.7 Å². The lowest BCUT2D eigenvalue weighted by atomic mass is 10.2. The summed E-state index contributed by atoms with van der Waals surface area (Å²) in [5.41, 5.74) is 3.12. The average molecular weight is 403 g/mol. The Hall–Kier alpha value is -1.41. The van der Waals surface area contributed by atoms with Gasteiger partial charge in [0.15, 0.2) is 5.76 Å². The van der Waals surface area contributed by atoms with Gasteiger partial charge < -0.3 is 4.52 Å². The van der Waals surface area contributed by atoms with Gasteiger partial charge in [0.25, 0.3) is 0 Å². The molecule has 0 amide bonds. The molecule has 126 valence electrons. The molecule has 0 spiro atoms. The first-order valence-corrected chi connectivity index (χ1v) is 12.3. The number of benzene rings is 2. The Bertz CT molecular complexity index is 919. The van der Waals surface area contributed by atoms with Crippen LogP contribution in [-0.2, 0) is 11.5 Å². The third-order valence-electron chi connectivity index (χ3n) is 3.44. The standard InChI is InChI=1S/C18H14N2OS4/c1-2-6-13(7-3-1)16-10-14(20-21-16)11-22-25-23-12-18-19-15-8-4-5-9-17(15)24-18/h1-10H,11-12H2. The van der Waals surface area contributed by atoms with Crippen LogP contribution in [0.5, 0.6) is 0 Å². The molecule has 3 nitrogen and oxygen atoms in total. The quantitative estimate of drug-likeness (QED) is 0.253. The minimum Gasteiger partial charge on any atom is -0.356 e. The van der Waals surface area contributed by atoms with E-state index < -0.39 is 0 Å². The van der Waals surface area contributed by atoms with Crippen LogP contribution in [0.2, 0.25) is 0 Å². The second-order valence-corrected chi connectivity index (χ2v) is 10.6. The predicted molar refractivity (Wildman–Crippen MR) is 112 cm³/mol. The van der Waals surface area contributed by atoms with Crippen LogP contribution in [-0.4, -0.2) is 10.1 Å². The molecule has 0 saturated carbocycles. The first kappa shape index (κ1) is 17.0. The van der Waals surface area contributed by atoms with Crippen molar-refractivity contribution in [2.45, 2.75) is 11.5 Å². The van der Waals surface area contributed by atoms with Gasteiger partial charge in [0.2, 0.25) is 0 Å². The Labute approximate surface area is 161 Å². The molecule has 0 bridgehead atoms. The molecule has 4 rings (SSSR count). The zero-order valence-electron chi connectivity index (χ0n) is 13.1. The Kier molecular flexibility index (Phi) is 5.66. The third-order valence-corrected chi connectivity index (χ3v) is 8.67. The summed E-state index contributed by atoms with van der Waals surface area (Å²) in [7, 11) is 5.36. The van der Waals surface area contributed by atoms with E-state index in [9.17, 15) is 0 Å². The summed E-state index contributed by atoms with van der Waals surface area (Å²) in [6, 6.07) is 20.3. The molecule has 4 aromatic rings. The van der Waals surface area contributed by atoms with Crippen molar-refractivity contribution in [3.05, 3.63) is 71.4 Å². The van der Waals surface area contributed by atoms with Crippen molar-refractivity contribution in [3.8, 4) is 11.3 Å². The van der Waals surface area contributed by atoms with E-state index in [4.69, 9.17) is 4.52 Å².